The highest BCUT2D eigenvalue weighted by atomic mass is 28.4. The van der Waals surface area contributed by atoms with Crippen molar-refractivity contribution < 1.29 is 18.7 Å². The third-order valence-electron chi connectivity index (χ3n) is 3.74. The van der Waals surface area contributed by atoms with Gasteiger partial charge in [0.15, 0.2) is 8.32 Å². The van der Waals surface area contributed by atoms with Crippen molar-refractivity contribution in [2.45, 2.75) is 58.0 Å². The van der Waals surface area contributed by atoms with Gasteiger partial charge in [-0.1, -0.05) is 26.8 Å². The average molecular weight is 286 g/mol. The van der Waals surface area contributed by atoms with Crippen molar-refractivity contribution in [1.29, 1.82) is 0 Å². The van der Waals surface area contributed by atoms with Crippen molar-refractivity contribution in [2.24, 2.45) is 0 Å². The van der Waals surface area contributed by atoms with Gasteiger partial charge in [0.1, 0.15) is 18.8 Å². The third-order valence-corrected chi connectivity index (χ3v) is 8.25. The van der Waals surface area contributed by atoms with Gasteiger partial charge in [-0.15, -0.1) is 0 Å². The van der Waals surface area contributed by atoms with E-state index in [9.17, 15) is 4.79 Å². The van der Waals surface area contributed by atoms with Crippen LogP contribution in [0.5, 0.6) is 0 Å². The molecular formula is C14H26O4Si. The van der Waals surface area contributed by atoms with Crippen LogP contribution in [0.15, 0.2) is 12.2 Å². The molecule has 19 heavy (non-hydrogen) atoms. The number of esters is 1. The highest BCUT2D eigenvalue weighted by Gasteiger charge is 2.42. The van der Waals surface area contributed by atoms with Crippen molar-refractivity contribution in [1.82, 2.24) is 0 Å². The fraction of sp³-hybridized carbons (Fsp3) is 0.786. The minimum Gasteiger partial charge on any atom is -0.462 e. The van der Waals surface area contributed by atoms with Gasteiger partial charge in [0, 0.05) is 6.92 Å². The van der Waals surface area contributed by atoms with E-state index in [1.165, 1.54) is 6.92 Å². The fourth-order valence-electron chi connectivity index (χ4n) is 1.32. The van der Waals surface area contributed by atoms with Crippen LogP contribution < -0.4 is 0 Å². The summed E-state index contributed by atoms with van der Waals surface area (Å²) in [6.45, 7) is 13.5. The molecule has 1 saturated heterocycles. The smallest absolute Gasteiger partial charge is 0.302 e. The summed E-state index contributed by atoms with van der Waals surface area (Å²) in [6, 6.07) is 0. The zero-order chi connectivity index (χ0) is 14.7. The summed E-state index contributed by atoms with van der Waals surface area (Å²) in [7, 11) is -1.68. The number of hydrogen-bond donors (Lipinski definition) is 0. The van der Waals surface area contributed by atoms with E-state index in [1.807, 2.05) is 12.2 Å². The van der Waals surface area contributed by atoms with Crippen molar-refractivity contribution in [3.05, 3.63) is 12.2 Å². The lowest BCUT2D eigenvalue weighted by Gasteiger charge is -2.35. The molecule has 0 radical (unpaired) electrons. The molecule has 1 aliphatic rings. The Labute approximate surface area is 117 Å². The number of hydrogen-bond acceptors (Lipinski definition) is 4. The topological polar surface area (TPSA) is 48.1 Å². The predicted molar refractivity (Wildman–Crippen MR) is 77.6 cm³/mol. The number of rotatable bonds is 6. The van der Waals surface area contributed by atoms with E-state index in [0.717, 1.165) is 0 Å². The first kappa shape index (κ1) is 16.4. The average Bonchev–Trinajstić information content (AvgIpc) is 2.99. The number of ether oxygens (including phenoxy) is 2. The Kier molecular flexibility index (Phi) is 5.35. The largest absolute Gasteiger partial charge is 0.462 e. The monoisotopic (exact) mass is 286 g/mol. The molecule has 0 aromatic carbocycles. The van der Waals surface area contributed by atoms with Crippen molar-refractivity contribution in [3.8, 4) is 0 Å². The third kappa shape index (κ3) is 5.46. The zero-order valence-electron chi connectivity index (χ0n) is 12.9. The maximum absolute atomic E-state index is 10.6. The lowest BCUT2D eigenvalue weighted by atomic mass is 10.2. The summed E-state index contributed by atoms with van der Waals surface area (Å²) >= 11 is 0. The summed E-state index contributed by atoms with van der Waals surface area (Å²) in [6.07, 6.45) is 4.02. The molecule has 110 valence electrons. The second kappa shape index (κ2) is 6.20. The van der Waals surface area contributed by atoms with Gasteiger partial charge in [-0.2, -0.15) is 0 Å². The van der Waals surface area contributed by atoms with Gasteiger partial charge >= 0.3 is 5.97 Å². The van der Waals surface area contributed by atoms with Crippen LogP contribution in [-0.2, 0) is 18.7 Å². The first-order valence-corrected chi connectivity index (χ1v) is 9.64. The normalized spacial score (nSPS) is 23.7. The van der Waals surface area contributed by atoms with Crippen LogP contribution in [0.3, 0.4) is 0 Å². The minimum absolute atomic E-state index is 0.111. The molecule has 5 heteroatoms. The molecule has 0 amide bonds. The van der Waals surface area contributed by atoms with Crippen LogP contribution in [0.4, 0.5) is 0 Å². The molecule has 0 saturated carbocycles. The lowest BCUT2D eigenvalue weighted by molar-refractivity contribution is -0.139. The van der Waals surface area contributed by atoms with Crippen molar-refractivity contribution in [3.63, 3.8) is 0 Å². The maximum atomic E-state index is 10.6. The molecule has 1 fully saturated rings. The number of carbonyl (C=O) groups excluding carboxylic acids is 1. The Bertz CT molecular complexity index is 344. The molecule has 1 aliphatic heterocycles. The van der Waals surface area contributed by atoms with Crippen molar-refractivity contribution in [2.75, 3.05) is 13.2 Å². The van der Waals surface area contributed by atoms with Gasteiger partial charge in [0.05, 0.1) is 6.61 Å². The lowest BCUT2D eigenvalue weighted by Crippen LogP contribution is -2.41. The van der Waals surface area contributed by atoms with Gasteiger partial charge in [0.2, 0.25) is 0 Å². The molecule has 0 N–H and O–H groups in total. The van der Waals surface area contributed by atoms with Gasteiger partial charge in [-0.05, 0) is 24.2 Å². The molecule has 0 aliphatic carbocycles. The molecule has 1 rings (SSSR count). The minimum atomic E-state index is -1.68. The van der Waals surface area contributed by atoms with E-state index >= 15 is 0 Å². The highest BCUT2D eigenvalue weighted by molar-refractivity contribution is 6.74. The van der Waals surface area contributed by atoms with Gasteiger partial charge < -0.3 is 13.9 Å². The molecule has 0 aromatic heterocycles. The molecule has 0 bridgehead atoms. The van der Waals surface area contributed by atoms with Crippen LogP contribution in [0, 0.1) is 0 Å². The van der Waals surface area contributed by atoms with E-state index in [4.69, 9.17) is 13.9 Å². The molecule has 0 spiro atoms. The summed E-state index contributed by atoms with van der Waals surface area (Å²) in [4.78, 5) is 10.6. The Hall–Kier alpha value is -0.653. The predicted octanol–water partition coefficient (Wildman–Crippen LogP) is 2.89. The van der Waals surface area contributed by atoms with Crippen LogP contribution >= 0.6 is 0 Å². The Morgan fingerprint density at radius 1 is 1.37 bits per heavy atom. The standard InChI is InChI=1S/C14H26O4Si/c1-11(15)16-9-7-8-12-13(18-12)10-17-19(5,6)14(2,3)4/h7-8,12-13H,9-10H2,1-6H3/b8-7+/t12-,13-/m1/s1. The van der Waals surface area contributed by atoms with Gasteiger partial charge in [0.25, 0.3) is 0 Å². The fourth-order valence-corrected chi connectivity index (χ4v) is 2.34. The second-order valence-electron chi connectivity index (χ2n) is 6.44. The Balaban J connectivity index is 2.23. The van der Waals surface area contributed by atoms with Gasteiger partial charge in [-0.25, -0.2) is 0 Å². The zero-order valence-corrected chi connectivity index (χ0v) is 13.9. The second-order valence-corrected chi connectivity index (χ2v) is 11.3. The number of carbonyl (C=O) groups is 1. The van der Waals surface area contributed by atoms with E-state index in [1.54, 1.807) is 0 Å². The Morgan fingerprint density at radius 3 is 2.53 bits per heavy atom. The van der Waals surface area contributed by atoms with E-state index in [0.29, 0.717) is 13.2 Å². The van der Waals surface area contributed by atoms with E-state index in [-0.39, 0.29) is 23.2 Å². The van der Waals surface area contributed by atoms with Crippen molar-refractivity contribution >= 4 is 14.3 Å². The highest BCUT2D eigenvalue weighted by Crippen LogP contribution is 2.37. The molecule has 1 heterocycles. The van der Waals surface area contributed by atoms with Crippen LogP contribution in [0.1, 0.15) is 27.7 Å². The maximum Gasteiger partial charge on any atom is 0.302 e. The molecule has 0 aromatic rings. The molecule has 2 atom stereocenters. The molecular weight excluding hydrogens is 260 g/mol. The summed E-state index contributed by atoms with van der Waals surface area (Å²) in [5, 5.41) is 0.225. The quantitative estimate of drug-likeness (QED) is 0.326. The Morgan fingerprint density at radius 2 is 2.00 bits per heavy atom. The van der Waals surface area contributed by atoms with Crippen LogP contribution in [-0.4, -0.2) is 39.7 Å². The summed E-state index contributed by atoms with van der Waals surface area (Å²) in [5.41, 5.74) is 0. The summed E-state index contributed by atoms with van der Waals surface area (Å²) in [5.74, 6) is -0.265. The molecule has 0 unspecified atom stereocenters. The molecule has 4 nitrogen and oxygen atoms in total. The van der Waals surface area contributed by atoms with E-state index < -0.39 is 8.32 Å². The van der Waals surface area contributed by atoms with Gasteiger partial charge in [-0.3, -0.25) is 4.79 Å². The SMILES string of the molecule is CC(=O)OC/C=C/[C@H]1O[C@@H]1CO[Si](C)(C)C(C)(C)C. The summed E-state index contributed by atoms with van der Waals surface area (Å²) < 4.78 is 16.4. The first-order chi connectivity index (χ1) is 8.63. The van der Waals surface area contributed by atoms with E-state index in [2.05, 4.69) is 33.9 Å². The van der Waals surface area contributed by atoms with Crippen LogP contribution in [0.2, 0.25) is 18.1 Å². The first-order valence-electron chi connectivity index (χ1n) is 6.73. The van der Waals surface area contributed by atoms with Crippen LogP contribution in [0.25, 0.3) is 0 Å². The number of epoxide rings is 1.